The number of rotatable bonds is 7. The molecule has 1 nitrogen and oxygen atoms in total. The van der Waals surface area contributed by atoms with Crippen LogP contribution in [0.3, 0.4) is 0 Å². The van der Waals surface area contributed by atoms with E-state index < -0.39 is 0 Å². The van der Waals surface area contributed by atoms with Gasteiger partial charge < -0.3 is 5.73 Å². The van der Waals surface area contributed by atoms with E-state index >= 15 is 0 Å². The molecule has 17 heavy (non-hydrogen) atoms. The fraction of sp³-hybridized carbons (Fsp3) is 0.600. The first-order valence-corrected chi connectivity index (χ1v) is 7.59. The lowest BCUT2D eigenvalue weighted by Crippen LogP contribution is -2.25. The van der Waals surface area contributed by atoms with E-state index in [1.54, 1.807) is 0 Å². The van der Waals surface area contributed by atoms with Gasteiger partial charge in [0.1, 0.15) is 0 Å². The van der Waals surface area contributed by atoms with Gasteiger partial charge in [-0.2, -0.15) is 0 Å². The first kappa shape index (κ1) is 14.6. The summed E-state index contributed by atoms with van der Waals surface area (Å²) in [5, 5.41) is 0. The molecule has 0 aliphatic rings. The normalized spacial score (nSPS) is 13.0. The lowest BCUT2D eigenvalue weighted by molar-refractivity contribution is 0.424. The molecule has 0 radical (unpaired) electrons. The third-order valence-electron chi connectivity index (χ3n) is 3.24. The maximum atomic E-state index is 6.19. The van der Waals surface area contributed by atoms with Gasteiger partial charge in [0, 0.05) is 16.7 Å². The summed E-state index contributed by atoms with van der Waals surface area (Å²) < 4.78 is 0. The fourth-order valence-corrected chi connectivity index (χ4v) is 3.01. The molecule has 1 atom stereocenters. The van der Waals surface area contributed by atoms with Crippen LogP contribution < -0.4 is 5.73 Å². The topological polar surface area (TPSA) is 26.0 Å². The van der Waals surface area contributed by atoms with Crippen LogP contribution in [0.25, 0.3) is 0 Å². The van der Waals surface area contributed by atoms with Gasteiger partial charge in [-0.1, -0.05) is 44.4 Å². The molecule has 1 aromatic rings. The van der Waals surface area contributed by atoms with Gasteiger partial charge in [0.05, 0.1) is 0 Å². The minimum Gasteiger partial charge on any atom is -0.327 e. The Balaban J connectivity index is 2.35. The molecule has 0 heterocycles. The third kappa shape index (κ3) is 5.60. The fourth-order valence-electron chi connectivity index (χ4n) is 2.03. The van der Waals surface area contributed by atoms with E-state index in [0.29, 0.717) is 6.04 Å². The Morgan fingerprint density at radius 2 is 1.94 bits per heavy atom. The van der Waals surface area contributed by atoms with Crippen LogP contribution in [0.2, 0.25) is 0 Å². The molecular weight excluding hydrogens is 226 g/mol. The third-order valence-corrected chi connectivity index (χ3v) is 4.43. The van der Waals surface area contributed by atoms with Crippen molar-refractivity contribution >= 4 is 11.8 Å². The molecule has 0 aromatic heterocycles. The van der Waals surface area contributed by atoms with Crippen LogP contribution in [0.15, 0.2) is 29.2 Å². The van der Waals surface area contributed by atoms with Gasteiger partial charge in [-0.25, -0.2) is 0 Å². The number of thioether (sulfide) groups is 1. The highest BCUT2D eigenvalue weighted by Gasteiger charge is 2.10. The van der Waals surface area contributed by atoms with Crippen molar-refractivity contribution in [3.63, 3.8) is 0 Å². The van der Waals surface area contributed by atoms with Gasteiger partial charge in [-0.15, -0.1) is 11.8 Å². The zero-order valence-electron chi connectivity index (χ0n) is 11.3. The molecule has 0 spiro atoms. The first-order valence-electron chi connectivity index (χ1n) is 6.60. The molecule has 1 rings (SSSR count). The molecule has 2 N–H and O–H groups in total. The van der Waals surface area contributed by atoms with Crippen molar-refractivity contribution in [1.82, 2.24) is 0 Å². The summed E-state index contributed by atoms with van der Waals surface area (Å²) in [7, 11) is 0. The van der Waals surface area contributed by atoms with Crippen molar-refractivity contribution in [2.45, 2.75) is 51.0 Å². The van der Waals surface area contributed by atoms with Gasteiger partial charge in [0.15, 0.2) is 0 Å². The lowest BCUT2D eigenvalue weighted by atomic mass is 9.96. The van der Waals surface area contributed by atoms with Crippen LogP contribution in [0.5, 0.6) is 0 Å². The van der Waals surface area contributed by atoms with E-state index in [9.17, 15) is 0 Å². The molecule has 1 aromatic carbocycles. The molecule has 96 valence electrons. The van der Waals surface area contributed by atoms with E-state index in [-0.39, 0.29) is 0 Å². The van der Waals surface area contributed by atoms with Crippen LogP contribution in [0, 0.1) is 12.8 Å². The van der Waals surface area contributed by atoms with Crippen molar-refractivity contribution in [2.75, 3.05) is 5.75 Å². The Morgan fingerprint density at radius 3 is 2.53 bits per heavy atom. The van der Waals surface area contributed by atoms with Crippen LogP contribution >= 0.6 is 11.8 Å². The second-order valence-corrected chi connectivity index (χ2v) is 5.90. The van der Waals surface area contributed by atoms with Gasteiger partial charge in [0.25, 0.3) is 0 Å². The molecule has 0 saturated heterocycles. The maximum absolute atomic E-state index is 6.19. The molecule has 0 bridgehead atoms. The highest BCUT2D eigenvalue weighted by molar-refractivity contribution is 7.99. The highest BCUT2D eigenvalue weighted by Crippen LogP contribution is 2.22. The standard InChI is InChI=1S/C15H25NS/c1-4-13(5-2)10-14(16)11-17-15-8-6-7-12(3)9-15/h6-9,13-14H,4-5,10-11,16H2,1-3H3. The summed E-state index contributed by atoms with van der Waals surface area (Å²) in [5.41, 5.74) is 7.51. The van der Waals surface area contributed by atoms with Crippen molar-refractivity contribution < 1.29 is 0 Å². The van der Waals surface area contributed by atoms with Gasteiger partial charge in [-0.05, 0) is 31.4 Å². The Bertz CT molecular complexity index is 320. The van der Waals surface area contributed by atoms with Crippen LogP contribution in [-0.2, 0) is 0 Å². The SMILES string of the molecule is CCC(CC)CC(N)CSc1cccc(C)c1. The molecule has 0 aliphatic carbocycles. The monoisotopic (exact) mass is 251 g/mol. The molecule has 0 aliphatic heterocycles. The minimum absolute atomic E-state index is 0.324. The van der Waals surface area contributed by atoms with Crippen LogP contribution in [0.1, 0.15) is 38.7 Å². The predicted molar refractivity (Wildman–Crippen MR) is 78.6 cm³/mol. The zero-order valence-corrected chi connectivity index (χ0v) is 12.1. The Kier molecular flexibility index (Phi) is 6.68. The molecular formula is C15H25NS. The second-order valence-electron chi connectivity index (χ2n) is 4.81. The van der Waals surface area contributed by atoms with E-state index in [1.807, 2.05) is 11.8 Å². The maximum Gasteiger partial charge on any atom is 0.0136 e. The minimum atomic E-state index is 0.324. The molecule has 2 heteroatoms. The predicted octanol–water partition coefficient (Wildman–Crippen LogP) is 4.24. The average molecular weight is 251 g/mol. The van der Waals surface area contributed by atoms with E-state index in [1.165, 1.54) is 23.3 Å². The van der Waals surface area contributed by atoms with Crippen molar-refractivity contribution in [2.24, 2.45) is 11.7 Å². The number of aryl methyl sites for hydroxylation is 1. The first-order chi connectivity index (χ1) is 8.15. The number of hydrogen-bond acceptors (Lipinski definition) is 2. The largest absolute Gasteiger partial charge is 0.327 e. The molecule has 0 fully saturated rings. The molecule has 1 unspecified atom stereocenters. The Hall–Kier alpha value is -0.470. The summed E-state index contributed by atoms with van der Waals surface area (Å²) in [5.74, 6) is 1.82. The van der Waals surface area contributed by atoms with E-state index in [2.05, 4.69) is 45.0 Å². The summed E-state index contributed by atoms with van der Waals surface area (Å²) in [6.45, 7) is 6.65. The average Bonchev–Trinajstić information content (AvgIpc) is 2.33. The molecule has 0 amide bonds. The smallest absolute Gasteiger partial charge is 0.0136 e. The van der Waals surface area contributed by atoms with Crippen molar-refractivity contribution in [1.29, 1.82) is 0 Å². The summed E-state index contributed by atoms with van der Waals surface area (Å²) in [6, 6.07) is 8.97. The summed E-state index contributed by atoms with van der Waals surface area (Å²) in [4.78, 5) is 1.34. The van der Waals surface area contributed by atoms with E-state index in [0.717, 1.165) is 18.1 Å². The van der Waals surface area contributed by atoms with Crippen molar-refractivity contribution in [3.05, 3.63) is 29.8 Å². The number of hydrogen-bond donors (Lipinski definition) is 1. The quantitative estimate of drug-likeness (QED) is 0.733. The highest BCUT2D eigenvalue weighted by atomic mass is 32.2. The second kappa shape index (κ2) is 7.78. The summed E-state index contributed by atoms with van der Waals surface area (Å²) in [6.07, 6.45) is 3.66. The Labute approximate surface area is 110 Å². The van der Waals surface area contributed by atoms with Gasteiger partial charge in [-0.3, -0.25) is 0 Å². The van der Waals surface area contributed by atoms with Gasteiger partial charge in [0.2, 0.25) is 0 Å². The van der Waals surface area contributed by atoms with Crippen LogP contribution in [-0.4, -0.2) is 11.8 Å². The summed E-state index contributed by atoms with van der Waals surface area (Å²) >= 11 is 1.88. The van der Waals surface area contributed by atoms with E-state index in [4.69, 9.17) is 5.73 Å². The number of nitrogens with two attached hydrogens (primary N) is 1. The van der Waals surface area contributed by atoms with Crippen molar-refractivity contribution in [3.8, 4) is 0 Å². The van der Waals surface area contributed by atoms with Gasteiger partial charge >= 0.3 is 0 Å². The zero-order chi connectivity index (χ0) is 12.7. The number of benzene rings is 1. The Morgan fingerprint density at radius 1 is 1.24 bits per heavy atom. The molecule has 0 saturated carbocycles. The lowest BCUT2D eigenvalue weighted by Gasteiger charge is -2.17. The van der Waals surface area contributed by atoms with Crippen LogP contribution in [0.4, 0.5) is 0 Å².